The van der Waals surface area contributed by atoms with Gasteiger partial charge in [0, 0.05) is 29.9 Å². The Morgan fingerprint density at radius 1 is 1.14 bits per heavy atom. The standard InChI is InChI=1S/C20H23ClF2N6/c1-19(2,3)18-24-16(28-11-9-20(22,23)12-28)15-17(25-18)29(27-26-15)10-8-13-4-6-14(21)7-5-13/h4-7H,8-12H2,1-3H3. The SMILES string of the molecule is CC(C)(C)c1nc(N2CCC(F)(F)C2)c2nnn(CCc3ccc(Cl)cc3)c2n1. The van der Waals surface area contributed by atoms with E-state index in [2.05, 4.69) is 15.3 Å². The third kappa shape index (κ3) is 4.17. The zero-order chi connectivity index (χ0) is 20.8. The minimum atomic E-state index is -2.72. The number of halogens is 3. The lowest BCUT2D eigenvalue weighted by molar-refractivity contribution is 0.0257. The fourth-order valence-corrected chi connectivity index (χ4v) is 3.48. The number of benzene rings is 1. The number of hydrogen-bond donors (Lipinski definition) is 0. The summed E-state index contributed by atoms with van der Waals surface area (Å²) in [6.45, 7) is 6.43. The van der Waals surface area contributed by atoms with Crippen molar-refractivity contribution >= 4 is 28.6 Å². The van der Waals surface area contributed by atoms with Crippen LogP contribution in [0.2, 0.25) is 5.02 Å². The van der Waals surface area contributed by atoms with Gasteiger partial charge < -0.3 is 4.90 Å². The quantitative estimate of drug-likeness (QED) is 0.631. The highest BCUT2D eigenvalue weighted by Gasteiger charge is 2.40. The second-order valence-corrected chi connectivity index (χ2v) is 8.95. The van der Waals surface area contributed by atoms with Gasteiger partial charge in [-0.05, 0) is 24.1 Å². The van der Waals surface area contributed by atoms with Crippen LogP contribution < -0.4 is 4.90 Å². The molecule has 154 valence electrons. The zero-order valence-electron chi connectivity index (χ0n) is 16.7. The molecule has 3 heterocycles. The van der Waals surface area contributed by atoms with Crippen molar-refractivity contribution in [1.29, 1.82) is 0 Å². The van der Waals surface area contributed by atoms with Gasteiger partial charge >= 0.3 is 0 Å². The van der Waals surface area contributed by atoms with Crippen LogP contribution in [0.1, 0.15) is 38.6 Å². The van der Waals surface area contributed by atoms with Gasteiger partial charge in [0.25, 0.3) is 5.92 Å². The minimum absolute atomic E-state index is 0.186. The largest absolute Gasteiger partial charge is 0.348 e. The van der Waals surface area contributed by atoms with E-state index >= 15 is 0 Å². The van der Waals surface area contributed by atoms with E-state index in [-0.39, 0.29) is 24.9 Å². The van der Waals surface area contributed by atoms with Crippen LogP contribution >= 0.6 is 11.6 Å². The Labute approximate surface area is 172 Å². The molecule has 0 amide bonds. The Morgan fingerprint density at radius 2 is 1.86 bits per heavy atom. The lowest BCUT2D eigenvalue weighted by Crippen LogP contribution is -2.27. The molecule has 0 unspecified atom stereocenters. The van der Waals surface area contributed by atoms with Gasteiger partial charge in [-0.15, -0.1) is 5.10 Å². The van der Waals surface area contributed by atoms with Crippen LogP contribution in [-0.2, 0) is 18.4 Å². The van der Waals surface area contributed by atoms with Crippen molar-refractivity contribution in [1.82, 2.24) is 25.0 Å². The molecule has 1 aromatic carbocycles. The van der Waals surface area contributed by atoms with Crippen molar-refractivity contribution in [3.63, 3.8) is 0 Å². The fraction of sp³-hybridized carbons (Fsp3) is 0.500. The molecule has 1 aliphatic heterocycles. The summed E-state index contributed by atoms with van der Waals surface area (Å²) in [6, 6.07) is 7.63. The molecule has 0 bridgehead atoms. The minimum Gasteiger partial charge on any atom is -0.348 e. The van der Waals surface area contributed by atoms with Gasteiger partial charge in [-0.3, -0.25) is 0 Å². The Morgan fingerprint density at radius 3 is 2.48 bits per heavy atom. The summed E-state index contributed by atoms with van der Waals surface area (Å²) in [7, 11) is 0. The number of alkyl halides is 2. The van der Waals surface area contributed by atoms with Crippen LogP contribution in [0.25, 0.3) is 11.2 Å². The maximum atomic E-state index is 13.8. The molecule has 2 aromatic heterocycles. The molecule has 1 saturated heterocycles. The van der Waals surface area contributed by atoms with E-state index in [9.17, 15) is 8.78 Å². The van der Waals surface area contributed by atoms with Crippen LogP contribution in [0.4, 0.5) is 14.6 Å². The fourth-order valence-electron chi connectivity index (χ4n) is 3.35. The molecule has 1 aliphatic rings. The maximum absolute atomic E-state index is 13.8. The van der Waals surface area contributed by atoms with Gasteiger partial charge in [0.15, 0.2) is 17.0 Å². The van der Waals surface area contributed by atoms with Gasteiger partial charge in [-0.25, -0.2) is 23.4 Å². The van der Waals surface area contributed by atoms with Crippen LogP contribution in [0, 0.1) is 0 Å². The molecule has 0 aliphatic carbocycles. The monoisotopic (exact) mass is 420 g/mol. The molecule has 0 N–H and O–H groups in total. The van der Waals surface area contributed by atoms with Gasteiger partial charge in [-0.2, -0.15) is 0 Å². The van der Waals surface area contributed by atoms with Crippen molar-refractivity contribution in [3.05, 3.63) is 40.7 Å². The summed E-state index contributed by atoms with van der Waals surface area (Å²) >= 11 is 5.95. The Hall–Kier alpha value is -2.35. The van der Waals surface area contributed by atoms with Crippen molar-refractivity contribution < 1.29 is 8.78 Å². The van der Waals surface area contributed by atoms with Crippen molar-refractivity contribution in [2.45, 2.75) is 51.5 Å². The lowest BCUT2D eigenvalue weighted by atomic mass is 9.96. The summed E-state index contributed by atoms with van der Waals surface area (Å²) in [5, 5.41) is 9.17. The number of aryl methyl sites for hydroxylation is 2. The van der Waals surface area contributed by atoms with Crippen LogP contribution in [0.3, 0.4) is 0 Å². The highest BCUT2D eigenvalue weighted by atomic mass is 35.5. The first-order valence-electron chi connectivity index (χ1n) is 9.61. The number of hydrogen-bond acceptors (Lipinski definition) is 5. The predicted molar refractivity (Wildman–Crippen MR) is 109 cm³/mol. The molecule has 4 rings (SSSR count). The molecule has 0 saturated carbocycles. The molecule has 6 nitrogen and oxygen atoms in total. The highest BCUT2D eigenvalue weighted by molar-refractivity contribution is 6.30. The van der Waals surface area contributed by atoms with E-state index in [1.165, 1.54) is 0 Å². The summed E-state index contributed by atoms with van der Waals surface area (Å²) in [5.74, 6) is -1.69. The molecule has 9 heteroatoms. The Bertz CT molecular complexity index is 1030. The second-order valence-electron chi connectivity index (χ2n) is 8.51. The molecule has 3 aromatic rings. The summed E-state index contributed by atoms with van der Waals surface area (Å²) in [5.41, 5.74) is 1.81. The third-order valence-corrected chi connectivity index (χ3v) is 5.26. The summed E-state index contributed by atoms with van der Waals surface area (Å²) in [4.78, 5) is 10.9. The van der Waals surface area contributed by atoms with E-state index in [1.54, 1.807) is 9.58 Å². The first-order valence-corrected chi connectivity index (χ1v) is 9.99. The molecular weight excluding hydrogens is 398 g/mol. The number of fused-ring (bicyclic) bond motifs is 1. The van der Waals surface area contributed by atoms with Crippen molar-refractivity contribution in [3.8, 4) is 0 Å². The Kier molecular flexibility index (Phi) is 4.93. The predicted octanol–water partition coefficient (Wildman–Crippen LogP) is 4.26. The molecule has 1 fully saturated rings. The van der Waals surface area contributed by atoms with Gasteiger partial charge in [0.05, 0.1) is 6.54 Å². The van der Waals surface area contributed by atoms with Crippen molar-refractivity contribution in [2.75, 3.05) is 18.0 Å². The molecule has 0 radical (unpaired) electrons. The smallest absolute Gasteiger partial charge is 0.266 e. The second kappa shape index (κ2) is 7.16. The summed E-state index contributed by atoms with van der Waals surface area (Å²) < 4.78 is 29.4. The van der Waals surface area contributed by atoms with Gasteiger partial charge in [0.2, 0.25) is 0 Å². The lowest BCUT2D eigenvalue weighted by Gasteiger charge is -2.22. The number of anilines is 1. The van der Waals surface area contributed by atoms with E-state index in [4.69, 9.17) is 16.6 Å². The van der Waals surface area contributed by atoms with E-state index in [0.717, 1.165) is 12.0 Å². The highest BCUT2D eigenvalue weighted by Crippen LogP contribution is 2.34. The number of rotatable bonds is 4. The molecular formula is C20H23ClF2N6. The number of aromatic nitrogens is 5. The average Bonchev–Trinajstić information content (AvgIpc) is 3.22. The first-order chi connectivity index (χ1) is 13.6. The molecule has 0 spiro atoms. The third-order valence-electron chi connectivity index (χ3n) is 5.01. The maximum Gasteiger partial charge on any atom is 0.266 e. The van der Waals surface area contributed by atoms with Crippen LogP contribution in [0.5, 0.6) is 0 Å². The number of nitrogens with zero attached hydrogens (tertiary/aromatic N) is 6. The Balaban J connectivity index is 1.71. The molecule has 29 heavy (non-hydrogen) atoms. The van der Waals surface area contributed by atoms with Gasteiger partial charge in [-0.1, -0.05) is 49.7 Å². The van der Waals surface area contributed by atoms with Crippen molar-refractivity contribution in [2.24, 2.45) is 0 Å². The van der Waals surface area contributed by atoms with E-state index < -0.39 is 5.92 Å². The van der Waals surface area contributed by atoms with Crippen LogP contribution in [0.15, 0.2) is 24.3 Å². The topological polar surface area (TPSA) is 59.7 Å². The normalized spacial score (nSPS) is 16.7. The van der Waals surface area contributed by atoms with Crippen LogP contribution in [-0.4, -0.2) is 44.0 Å². The first kappa shape index (κ1) is 19.9. The van der Waals surface area contributed by atoms with E-state index in [1.807, 2.05) is 45.0 Å². The van der Waals surface area contributed by atoms with E-state index in [0.29, 0.717) is 34.4 Å². The average molecular weight is 421 g/mol. The summed E-state index contributed by atoms with van der Waals surface area (Å²) in [6.07, 6.45) is 0.537. The molecule has 0 atom stereocenters. The van der Waals surface area contributed by atoms with Gasteiger partial charge in [0.1, 0.15) is 5.82 Å². The zero-order valence-corrected chi connectivity index (χ0v) is 17.4.